The molecule has 2 heterocycles. The van der Waals surface area contributed by atoms with Crippen LogP contribution in [-0.2, 0) is 40.3 Å². The number of phenolic OH excluding ortho intramolecular Hbond substituents is 2. The third-order valence-electron chi connectivity index (χ3n) is 9.46. The molecule has 21 heteroatoms. The predicted octanol–water partition coefficient (Wildman–Crippen LogP) is 5.84. The highest BCUT2D eigenvalue weighted by Gasteiger charge is 2.45. The minimum atomic E-state index is -4.64. The molecule has 0 spiro atoms. The van der Waals surface area contributed by atoms with E-state index in [2.05, 4.69) is 10.6 Å². The van der Waals surface area contributed by atoms with E-state index < -0.39 is 67.6 Å². The van der Waals surface area contributed by atoms with Gasteiger partial charge in [-0.15, -0.1) is 0 Å². The second-order valence-corrected chi connectivity index (χ2v) is 19.2. The molecule has 17 nitrogen and oxygen atoms in total. The van der Waals surface area contributed by atoms with Crippen LogP contribution in [0, 0.1) is 13.8 Å². The summed E-state index contributed by atoms with van der Waals surface area (Å²) in [6.45, 7) is 2.94. The molecule has 2 amide bonds. The number of carbonyl (C=O) groups is 1. The van der Waals surface area contributed by atoms with E-state index in [1.807, 2.05) is 0 Å². The zero-order chi connectivity index (χ0) is 40.4. The van der Waals surface area contributed by atoms with Crippen molar-refractivity contribution in [1.82, 2.24) is 0 Å². The summed E-state index contributed by atoms with van der Waals surface area (Å²) < 4.78 is 125. The lowest BCUT2D eigenvalue weighted by atomic mass is 10.1. The number of carbonyl (C=O) groups excluding carboxylic acids is 1. The van der Waals surface area contributed by atoms with Crippen molar-refractivity contribution in [3.63, 3.8) is 0 Å². The normalized spacial score (nSPS) is 15.4. The third kappa shape index (κ3) is 5.42. The molecule has 0 saturated carbocycles. The Kier molecular flexibility index (Phi) is 7.93. The lowest BCUT2D eigenvalue weighted by molar-refractivity contribution is 0.262. The average Bonchev–Trinajstić information content (AvgIpc) is 3.35. The highest BCUT2D eigenvalue weighted by Crippen LogP contribution is 2.55. The molecule has 0 aromatic heterocycles. The van der Waals surface area contributed by atoms with Crippen molar-refractivity contribution >= 4 is 102 Å². The first kappa shape index (κ1) is 37.0. The van der Waals surface area contributed by atoms with Crippen LogP contribution in [0.25, 0.3) is 21.5 Å². The van der Waals surface area contributed by atoms with Gasteiger partial charge in [-0.1, -0.05) is 36.4 Å². The van der Waals surface area contributed by atoms with E-state index in [0.717, 1.165) is 45.0 Å². The van der Waals surface area contributed by atoms with Gasteiger partial charge in [0.2, 0.25) is 0 Å². The summed E-state index contributed by atoms with van der Waals surface area (Å²) in [5, 5.41) is 27.5. The maximum atomic E-state index is 14.2. The third-order valence-corrected chi connectivity index (χ3v) is 15.0. The zero-order valence-electron chi connectivity index (χ0n) is 28.6. The topological polar surface area (TPSA) is 265 Å². The highest BCUT2D eigenvalue weighted by molar-refractivity contribution is 7.94. The van der Waals surface area contributed by atoms with Crippen LogP contribution in [0.3, 0.4) is 0 Å². The summed E-state index contributed by atoms with van der Waals surface area (Å²) in [6, 6.07) is 16.2. The number of hydrogen-bond donors (Lipinski definition) is 6. The second kappa shape index (κ2) is 12.0. The number of phenols is 2. The van der Waals surface area contributed by atoms with Gasteiger partial charge in [0, 0.05) is 10.8 Å². The molecule has 0 aliphatic carbocycles. The first-order valence-corrected chi connectivity index (χ1v) is 21.8. The van der Waals surface area contributed by atoms with Gasteiger partial charge in [0.25, 0.3) is 40.3 Å². The van der Waals surface area contributed by atoms with Crippen LogP contribution >= 0.6 is 0 Å². The molecule has 8 rings (SSSR count). The van der Waals surface area contributed by atoms with Crippen molar-refractivity contribution < 1.29 is 57.8 Å². The number of nitrogens with one attached hydrogen (secondary N) is 2. The molecule has 56 heavy (non-hydrogen) atoms. The van der Waals surface area contributed by atoms with Crippen LogP contribution in [-0.4, -0.2) is 59.0 Å². The van der Waals surface area contributed by atoms with E-state index in [4.69, 9.17) is 0 Å². The first-order valence-electron chi connectivity index (χ1n) is 16.0. The Morgan fingerprint density at radius 2 is 0.946 bits per heavy atom. The molecule has 0 radical (unpaired) electrons. The Morgan fingerprint density at radius 3 is 1.30 bits per heavy atom. The van der Waals surface area contributed by atoms with Crippen LogP contribution in [0.15, 0.2) is 105 Å². The molecular weight excluding hydrogens is 813 g/mol. The quantitative estimate of drug-likeness (QED) is 0.108. The molecule has 6 aromatic carbocycles. The summed E-state index contributed by atoms with van der Waals surface area (Å²) >= 11 is 0. The maximum absolute atomic E-state index is 14.2. The SMILES string of the molecule is Cc1ccc2c(NC(=O)Nc3c4ccc(C)c3S(=O)(=O)N4c3c(O)ccc4cc(S(=O)(=O)O)ccc34)c1S(=O)(=O)N2c1c(O)ccc2cc(S(=O)(=O)O)ccc12. The summed E-state index contributed by atoms with van der Waals surface area (Å²) in [5.41, 5.74) is -0.890. The van der Waals surface area contributed by atoms with E-state index in [-0.39, 0.29) is 76.6 Å². The molecule has 2 aliphatic rings. The van der Waals surface area contributed by atoms with E-state index in [1.54, 1.807) is 0 Å². The Hall–Kier alpha value is -5.97. The smallest absolute Gasteiger partial charge is 0.323 e. The fourth-order valence-electron chi connectivity index (χ4n) is 7.09. The lowest BCUT2D eigenvalue weighted by Crippen LogP contribution is -2.21. The second-order valence-electron chi connectivity index (χ2n) is 12.9. The van der Waals surface area contributed by atoms with Crippen molar-refractivity contribution in [2.45, 2.75) is 33.4 Å². The van der Waals surface area contributed by atoms with Crippen molar-refractivity contribution in [2.24, 2.45) is 0 Å². The summed E-state index contributed by atoms with van der Waals surface area (Å²) in [7, 11) is -18.4. The standard InChI is InChI=1S/C35H26N4O13S4/c1-17-3-11-25-29(33(17)53(43,44)38(25)31-23-9-7-21(55(47,48)49)15-19(23)5-13-27(31)40)36-35(42)37-30-26-12-4-18(2)34(30)54(45,46)39(26)32-24-10-8-22(56(50,51)52)16-20(24)6-14-28(32)41/h3-16,40-41H,1-2H3,(H2,36,37,42)(H,47,48,49)(H,50,51,52). The summed E-state index contributed by atoms with van der Waals surface area (Å²) in [6.07, 6.45) is 0. The molecule has 6 aromatic rings. The monoisotopic (exact) mass is 838 g/mol. The van der Waals surface area contributed by atoms with Crippen molar-refractivity contribution in [1.29, 1.82) is 0 Å². The van der Waals surface area contributed by atoms with Gasteiger partial charge in [-0.3, -0.25) is 9.11 Å². The zero-order valence-corrected chi connectivity index (χ0v) is 31.8. The Balaban J connectivity index is 1.21. The van der Waals surface area contributed by atoms with Crippen LogP contribution in [0.1, 0.15) is 11.1 Å². The van der Waals surface area contributed by atoms with Gasteiger partial charge in [-0.2, -0.15) is 16.8 Å². The number of anilines is 6. The summed E-state index contributed by atoms with van der Waals surface area (Å²) in [5.74, 6) is -1.04. The molecule has 2 aliphatic heterocycles. The van der Waals surface area contributed by atoms with E-state index >= 15 is 0 Å². The Bertz CT molecular complexity index is 3050. The van der Waals surface area contributed by atoms with Crippen LogP contribution in [0.5, 0.6) is 11.5 Å². The summed E-state index contributed by atoms with van der Waals surface area (Å²) in [4.78, 5) is 12.2. The minimum Gasteiger partial charge on any atom is -0.506 e. The largest absolute Gasteiger partial charge is 0.506 e. The highest BCUT2D eigenvalue weighted by atomic mass is 32.2. The fourth-order valence-corrected chi connectivity index (χ4v) is 11.9. The molecule has 0 atom stereocenters. The number of sulfonamides is 2. The van der Waals surface area contributed by atoms with Gasteiger partial charge < -0.3 is 20.8 Å². The van der Waals surface area contributed by atoms with Gasteiger partial charge in [-0.05, 0) is 84.3 Å². The Morgan fingerprint density at radius 1 is 0.571 bits per heavy atom. The number of nitrogens with zero attached hydrogens (tertiary/aromatic N) is 2. The van der Waals surface area contributed by atoms with Crippen LogP contribution in [0.2, 0.25) is 0 Å². The molecule has 6 N–H and O–H groups in total. The molecule has 0 saturated heterocycles. The van der Waals surface area contributed by atoms with E-state index in [9.17, 15) is 57.8 Å². The first-order chi connectivity index (χ1) is 26.1. The van der Waals surface area contributed by atoms with Crippen LogP contribution in [0.4, 0.5) is 38.9 Å². The van der Waals surface area contributed by atoms with Gasteiger partial charge in [0.05, 0.1) is 32.5 Å². The Labute approximate surface area is 318 Å². The number of benzene rings is 6. The number of aryl methyl sites for hydroxylation is 2. The number of amides is 2. The van der Waals surface area contributed by atoms with E-state index in [1.165, 1.54) is 62.4 Å². The predicted molar refractivity (Wildman–Crippen MR) is 205 cm³/mol. The number of hydrogen-bond acceptors (Lipinski definition) is 11. The van der Waals surface area contributed by atoms with Crippen molar-refractivity contribution in [3.8, 4) is 11.5 Å². The number of rotatable bonds is 6. The maximum Gasteiger partial charge on any atom is 0.323 e. The molecule has 288 valence electrons. The average molecular weight is 839 g/mol. The van der Waals surface area contributed by atoms with Gasteiger partial charge in [-0.25, -0.2) is 30.2 Å². The van der Waals surface area contributed by atoms with Crippen LogP contribution < -0.4 is 19.2 Å². The molecular formula is C35H26N4O13S4. The fraction of sp³-hybridized carbons (Fsp3) is 0.0571. The van der Waals surface area contributed by atoms with Gasteiger partial charge in [0.1, 0.15) is 32.7 Å². The van der Waals surface area contributed by atoms with E-state index in [0.29, 0.717) is 0 Å². The van der Waals surface area contributed by atoms with Gasteiger partial charge >= 0.3 is 6.03 Å². The lowest BCUT2D eigenvalue weighted by Gasteiger charge is -2.22. The number of aromatic hydroxyl groups is 2. The van der Waals surface area contributed by atoms with Crippen molar-refractivity contribution in [3.05, 3.63) is 96.1 Å². The molecule has 0 unspecified atom stereocenters. The molecule has 4 bridgehead atoms. The minimum absolute atomic E-state index is 0.0765. The number of fused-ring (bicyclic) bond motifs is 6. The number of urea groups is 1. The van der Waals surface area contributed by atoms with Gasteiger partial charge in [0.15, 0.2) is 0 Å². The molecule has 0 fully saturated rings. The van der Waals surface area contributed by atoms with Crippen molar-refractivity contribution in [2.75, 3.05) is 19.2 Å².